The predicted molar refractivity (Wildman–Crippen MR) is 155 cm³/mol. The smallest absolute Gasteiger partial charge is 0.0373 e. The zero-order valence-corrected chi connectivity index (χ0v) is 21.3. The molecule has 0 N–H and O–H groups in total. The monoisotopic (exact) mass is 477 g/mol. The first kappa shape index (κ1) is 22.2. The van der Waals surface area contributed by atoms with Crippen LogP contribution in [0, 0.1) is 18.8 Å². The Hall–Kier alpha value is -3.97. The highest BCUT2D eigenvalue weighted by Gasteiger charge is 2.34. The molecule has 0 saturated heterocycles. The van der Waals surface area contributed by atoms with E-state index < -0.39 is 0 Å². The highest BCUT2D eigenvalue weighted by atomic mass is 14.7. The van der Waals surface area contributed by atoms with Crippen molar-refractivity contribution in [1.82, 2.24) is 4.98 Å². The molecule has 1 heterocycles. The number of fused-ring (bicyclic) bond motifs is 3. The number of hydrogen-bond donors (Lipinski definition) is 0. The number of nitrogens with zero attached hydrogens (tertiary/aromatic N) is 1. The van der Waals surface area contributed by atoms with Crippen LogP contribution in [0.5, 0.6) is 0 Å². The van der Waals surface area contributed by atoms with Gasteiger partial charge in [0.1, 0.15) is 0 Å². The summed E-state index contributed by atoms with van der Waals surface area (Å²) in [6, 6.07) is 22.4. The summed E-state index contributed by atoms with van der Waals surface area (Å²) in [7, 11) is 0. The summed E-state index contributed by atoms with van der Waals surface area (Å²) in [5, 5.41) is 2.83. The van der Waals surface area contributed by atoms with Crippen LogP contribution in [0.1, 0.15) is 41.6 Å². The summed E-state index contributed by atoms with van der Waals surface area (Å²) in [6.07, 6.45) is 23.1. The van der Waals surface area contributed by atoms with Crippen LogP contribution in [0.2, 0.25) is 0 Å². The quantitative estimate of drug-likeness (QED) is 0.400. The maximum absolute atomic E-state index is 4.56. The van der Waals surface area contributed by atoms with E-state index in [1.165, 1.54) is 55.0 Å². The third-order valence-electron chi connectivity index (χ3n) is 8.40. The molecule has 1 heteroatoms. The molecular weight excluding hydrogens is 446 g/mol. The molecule has 0 radical (unpaired) electrons. The van der Waals surface area contributed by atoms with Gasteiger partial charge in [0, 0.05) is 23.7 Å². The lowest BCUT2D eigenvalue weighted by Gasteiger charge is -2.36. The molecule has 37 heavy (non-hydrogen) atoms. The molecule has 4 aliphatic rings. The first-order chi connectivity index (χ1) is 18.3. The van der Waals surface area contributed by atoms with Gasteiger partial charge in [-0.3, -0.25) is 4.98 Å². The Morgan fingerprint density at radius 2 is 1.41 bits per heavy atom. The molecule has 3 aromatic rings. The highest BCUT2D eigenvalue weighted by Crippen LogP contribution is 2.44. The molecule has 4 aliphatic carbocycles. The number of allylic oxidation sites excluding steroid dienone is 9. The van der Waals surface area contributed by atoms with Crippen LogP contribution in [-0.2, 0) is 6.42 Å². The van der Waals surface area contributed by atoms with Crippen LogP contribution in [0.4, 0.5) is 0 Å². The van der Waals surface area contributed by atoms with Gasteiger partial charge < -0.3 is 0 Å². The van der Waals surface area contributed by atoms with E-state index in [0.29, 0.717) is 11.8 Å². The molecule has 180 valence electrons. The van der Waals surface area contributed by atoms with Crippen molar-refractivity contribution in [3.05, 3.63) is 147 Å². The Morgan fingerprint density at radius 3 is 2.14 bits per heavy atom. The van der Waals surface area contributed by atoms with Crippen molar-refractivity contribution < 1.29 is 0 Å². The van der Waals surface area contributed by atoms with E-state index in [1.807, 2.05) is 13.1 Å². The van der Waals surface area contributed by atoms with Crippen molar-refractivity contribution in [1.29, 1.82) is 0 Å². The lowest BCUT2D eigenvalue weighted by atomic mass is 9.67. The van der Waals surface area contributed by atoms with Crippen LogP contribution >= 0.6 is 0 Å². The zero-order chi connectivity index (χ0) is 24.8. The van der Waals surface area contributed by atoms with Gasteiger partial charge >= 0.3 is 0 Å². The molecule has 0 fully saturated rings. The SMILES string of the molecule is Cc1ccc(C2=CCCC(C3=c4ccccc4=C(C4=Cc5ccccc5CC4)C4C=CC=CC34)=C2)cn1. The summed E-state index contributed by atoms with van der Waals surface area (Å²) in [5.74, 6) is 0.720. The van der Waals surface area contributed by atoms with Crippen LogP contribution in [0.15, 0.2) is 114 Å². The van der Waals surface area contributed by atoms with Gasteiger partial charge in [-0.25, -0.2) is 0 Å². The maximum atomic E-state index is 4.56. The van der Waals surface area contributed by atoms with Crippen LogP contribution in [-0.4, -0.2) is 4.98 Å². The molecule has 0 bridgehead atoms. The normalized spacial score (nSPS) is 21.9. The van der Waals surface area contributed by atoms with Crippen molar-refractivity contribution in [2.24, 2.45) is 11.8 Å². The lowest BCUT2D eigenvalue weighted by molar-refractivity contribution is 0.673. The van der Waals surface area contributed by atoms with Gasteiger partial charge in [-0.15, -0.1) is 0 Å². The molecular formula is C36H31N. The van der Waals surface area contributed by atoms with E-state index >= 15 is 0 Å². The second-order valence-electron chi connectivity index (χ2n) is 10.6. The molecule has 0 aliphatic heterocycles. The van der Waals surface area contributed by atoms with Crippen molar-refractivity contribution >= 4 is 22.8 Å². The number of hydrogen-bond acceptors (Lipinski definition) is 1. The molecule has 7 rings (SSSR count). The van der Waals surface area contributed by atoms with E-state index in [2.05, 4.69) is 108 Å². The summed E-state index contributed by atoms with van der Waals surface area (Å²) in [5.41, 5.74) is 12.4. The fourth-order valence-corrected chi connectivity index (χ4v) is 6.64. The fourth-order valence-electron chi connectivity index (χ4n) is 6.64. The molecule has 0 amide bonds. The van der Waals surface area contributed by atoms with E-state index in [-0.39, 0.29) is 0 Å². The second-order valence-corrected chi connectivity index (χ2v) is 10.6. The van der Waals surface area contributed by atoms with Crippen LogP contribution in [0.25, 0.3) is 22.8 Å². The van der Waals surface area contributed by atoms with E-state index in [9.17, 15) is 0 Å². The van der Waals surface area contributed by atoms with Crippen molar-refractivity contribution in [2.75, 3.05) is 0 Å². The Kier molecular flexibility index (Phi) is 5.51. The summed E-state index contributed by atoms with van der Waals surface area (Å²) in [6.45, 7) is 2.05. The average molecular weight is 478 g/mol. The molecule has 1 nitrogen and oxygen atoms in total. The van der Waals surface area contributed by atoms with Gasteiger partial charge in [0.2, 0.25) is 0 Å². The van der Waals surface area contributed by atoms with Gasteiger partial charge in [0.05, 0.1) is 0 Å². The number of aromatic nitrogens is 1. The lowest BCUT2D eigenvalue weighted by Crippen LogP contribution is -2.40. The van der Waals surface area contributed by atoms with Gasteiger partial charge in [-0.1, -0.05) is 97.1 Å². The van der Waals surface area contributed by atoms with Gasteiger partial charge in [-0.05, 0) is 93.7 Å². The van der Waals surface area contributed by atoms with E-state index in [0.717, 1.165) is 31.4 Å². The first-order valence-electron chi connectivity index (χ1n) is 13.6. The maximum Gasteiger partial charge on any atom is 0.0373 e. The third kappa shape index (κ3) is 3.90. The topological polar surface area (TPSA) is 12.9 Å². The largest absolute Gasteiger partial charge is 0.261 e. The minimum absolute atomic E-state index is 0.356. The Bertz CT molecular complexity index is 1670. The van der Waals surface area contributed by atoms with Crippen molar-refractivity contribution in [2.45, 2.75) is 32.6 Å². The first-order valence-corrected chi connectivity index (χ1v) is 13.6. The molecule has 2 aromatic carbocycles. The molecule has 2 unspecified atom stereocenters. The van der Waals surface area contributed by atoms with Crippen molar-refractivity contribution in [3.63, 3.8) is 0 Å². The Morgan fingerprint density at radius 1 is 0.703 bits per heavy atom. The highest BCUT2D eigenvalue weighted by molar-refractivity contribution is 5.87. The van der Waals surface area contributed by atoms with Crippen LogP contribution in [0.3, 0.4) is 0 Å². The summed E-state index contributed by atoms with van der Waals surface area (Å²) in [4.78, 5) is 4.56. The van der Waals surface area contributed by atoms with Gasteiger partial charge in [0.15, 0.2) is 0 Å². The van der Waals surface area contributed by atoms with E-state index in [4.69, 9.17) is 0 Å². The number of rotatable bonds is 3. The molecule has 1 aromatic heterocycles. The standard InChI is InChI=1S/C36H31N/c1-24-17-18-30(23-37-24)27-11-8-12-28(22-27)35-31-13-4-6-15-33(31)36(34-16-7-5-14-32(34)35)29-20-19-25-9-2-3-10-26(25)21-29/h2-7,9-11,13-18,21-23,31,33H,8,12,19-20H2,1H3. The predicted octanol–water partition coefficient (Wildman–Crippen LogP) is 6.90. The van der Waals surface area contributed by atoms with Gasteiger partial charge in [-0.2, -0.15) is 0 Å². The fraction of sp³-hybridized carbons (Fsp3) is 0.194. The van der Waals surface area contributed by atoms with E-state index in [1.54, 1.807) is 0 Å². The minimum atomic E-state index is 0.356. The average Bonchev–Trinajstić information content (AvgIpc) is 2.96. The number of pyridine rings is 1. The summed E-state index contributed by atoms with van der Waals surface area (Å²) < 4.78 is 0. The number of aryl methyl sites for hydroxylation is 2. The Balaban J connectivity index is 1.45. The van der Waals surface area contributed by atoms with Gasteiger partial charge in [0.25, 0.3) is 0 Å². The molecule has 0 saturated carbocycles. The van der Waals surface area contributed by atoms with Crippen LogP contribution < -0.4 is 10.4 Å². The molecule has 0 spiro atoms. The Labute approximate surface area is 219 Å². The molecule has 2 atom stereocenters. The second kappa shape index (κ2) is 9.16. The zero-order valence-electron chi connectivity index (χ0n) is 21.3. The van der Waals surface area contributed by atoms with Crippen molar-refractivity contribution in [3.8, 4) is 0 Å². The third-order valence-corrected chi connectivity index (χ3v) is 8.40. The minimum Gasteiger partial charge on any atom is -0.261 e. The summed E-state index contributed by atoms with van der Waals surface area (Å²) >= 11 is 0. The number of benzene rings is 2.